The minimum Gasteiger partial charge on any atom is -0.484 e. The van der Waals surface area contributed by atoms with E-state index in [1.54, 1.807) is 37.3 Å². The molecule has 0 atom stereocenters. The quantitative estimate of drug-likeness (QED) is 0.576. The monoisotopic (exact) mass is 424 g/mol. The number of amides is 1. The second-order valence-corrected chi connectivity index (χ2v) is 8.64. The normalized spacial score (nSPS) is 11.0. The Bertz CT molecular complexity index is 1130. The lowest BCUT2D eigenvalue weighted by molar-refractivity contribution is -0.123. The molecule has 7 heteroatoms. The van der Waals surface area contributed by atoms with Crippen LogP contribution in [-0.4, -0.2) is 20.9 Å². The van der Waals surface area contributed by atoms with E-state index in [0.29, 0.717) is 23.5 Å². The molecule has 6 nitrogen and oxygen atoms in total. The van der Waals surface area contributed by atoms with Crippen LogP contribution >= 0.6 is 0 Å². The number of nitrogens with one attached hydrogen (secondary N) is 2. The molecule has 30 heavy (non-hydrogen) atoms. The van der Waals surface area contributed by atoms with Crippen LogP contribution in [0.2, 0.25) is 0 Å². The molecule has 3 aromatic rings. The lowest BCUT2D eigenvalue weighted by Crippen LogP contribution is -2.28. The summed E-state index contributed by atoms with van der Waals surface area (Å²) in [4.78, 5) is 12.2. The van der Waals surface area contributed by atoms with Gasteiger partial charge in [0.05, 0.1) is 4.90 Å². The molecule has 0 heterocycles. The average Bonchev–Trinajstić information content (AvgIpc) is 2.72. The molecule has 0 aliphatic carbocycles. The second kappa shape index (κ2) is 9.45. The van der Waals surface area contributed by atoms with Gasteiger partial charge in [0.15, 0.2) is 6.61 Å². The van der Waals surface area contributed by atoms with Crippen LogP contribution in [0.1, 0.15) is 16.7 Å². The molecule has 0 spiro atoms. The van der Waals surface area contributed by atoms with Crippen LogP contribution in [0, 0.1) is 13.8 Å². The Kier molecular flexibility index (Phi) is 6.74. The van der Waals surface area contributed by atoms with Gasteiger partial charge in [-0.25, -0.2) is 8.42 Å². The largest absolute Gasteiger partial charge is 0.484 e. The Morgan fingerprint density at radius 1 is 0.933 bits per heavy atom. The summed E-state index contributed by atoms with van der Waals surface area (Å²) in [5.74, 6) is 0.206. The lowest BCUT2D eigenvalue weighted by atomic mass is 10.1. The molecule has 0 saturated heterocycles. The zero-order valence-corrected chi connectivity index (χ0v) is 17.7. The molecular formula is C23H24N2O4S. The van der Waals surface area contributed by atoms with Crippen molar-refractivity contribution in [3.8, 4) is 5.75 Å². The number of ether oxygens (including phenoxy) is 1. The molecule has 3 rings (SSSR count). The molecule has 2 N–H and O–H groups in total. The van der Waals surface area contributed by atoms with Gasteiger partial charge in [-0.05, 0) is 55.3 Å². The van der Waals surface area contributed by atoms with E-state index in [0.717, 1.165) is 11.1 Å². The fraction of sp³-hybridized carbons (Fsp3) is 0.174. The van der Waals surface area contributed by atoms with E-state index in [-0.39, 0.29) is 17.4 Å². The molecule has 0 unspecified atom stereocenters. The minimum absolute atomic E-state index is 0.125. The highest BCUT2D eigenvalue weighted by Gasteiger charge is 2.16. The van der Waals surface area contributed by atoms with E-state index in [2.05, 4.69) is 10.0 Å². The number of anilines is 1. The number of para-hydroxylation sites is 1. The van der Waals surface area contributed by atoms with E-state index in [1.807, 2.05) is 37.3 Å². The third kappa shape index (κ3) is 5.84. The van der Waals surface area contributed by atoms with E-state index in [1.165, 1.54) is 12.1 Å². The van der Waals surface area contributed by atoms with Gasteiger partial charge in [0.2, 0.25) is 0 Å². The van der Waals surface area contributed by atoms with Gasteiger partial charge >= 0.3 is 0 Å². The number of sulfonamides is 1. The summed E-state index contributed by atoms with van der Waals surface area (Å²) in [6.45, 7) is 4.00. The van der Waals surface area contributed by atoms with Gasteiger partial charge in [0, 0.05) is 12.2 Å². The molecule has 0 aliphatic heterocycles. The van der Waals surface area contributed by atoms with Gasteiger partial charge in [-0.1, -0.05) is 48.0 Å². The van der Waals surface area contributed by atoms with Crippen molar-refractivity contribution in [1.29, 1.82) is 0 Å². The van der Waals surface area contributed by atoms with Crippen LogP contribution in [0.15, 0.2) is 77.7 Å². The SMILES string of the molecule is Cc1cccc(CNC(=O)COc2ccc(S(=O)(=O)Nc3ccccc3)cc2C)c1. The highest BCUT2D eigenvalue weighted by Crippen LogP contribution is 2.23. The lowest BCUT2D eigenvalue weighted by Gasteiger charge is -2.12. The Labute approximate surface area is 177 Å². The van der Waals surface area contributed by atoms with E-state index < -0.39 is 10.0 Å². The number of hydrogen-bond acceptors (Lipinski definition) is 4. The summed E-state index contributed by atoms with van der Waals surface area (Å²) >= 11 is 0. The van der Waals surface area contributed by atoms with Gasteiger partial charge in [-0.2, -0.15) is 0 Å². The Hall–Kier alpha value is -3.32. The maximum Gasteiger partial charge on any atom is 0.261 e. The smallest absolute Gasteiger partial charge is 0.261 e. The summed E-state index contributed by atoms with van der Waals surface area (Å²) in [7, 11) is -3.71. The van der Waals surface area contributed by atoms with Crippen LogP contribution < -0.4 is 14.8 Å². The second-order valence-electron chi connectivity index (χ2n) is 6.95. The van der Waals surface area contributed by atoms with Crippen molar-refractivity contribution in [3.05, 3.63) is 89.5 Å². The fourth-order valence-electron chi connectivity index (χ4n) is 2.89. The van der Waals surface area contributed by atoms with Crippen molar-refractivity contribution >= 4 is 21.6 Å². The van der Waals surface area contributed by atoms with Crippen LogP contribution in [0.25, 0.3) is 0 Å². The summed E-state index contributed by atoms with van der Waals surface area (Å²) in [6.07, 6.45) is 0. The number of aryl methyl sites for hydroxylation is 2. The summed E-state index contributed by atoms with van der Waals surface area (Å²) in [6, 6.07) is 21.1. The third-order valence-corrected chi connectivity index (χ3v) is 5.79. The summed E-state index contributed by atoms with van der Waals surface area (Å²) in [5, 5.41) is 2.81. The van der Waals surface area contributed by atoms with Gasteiger partial charge in [0.1, 0.15) is 5.75 Å². The molecule has 3 aromatic carbocycles. The Balaban J connectivity index is 1.58. The van der Waals surface area contributed by atoms with Crippen molar-refractivity contribution in [3.63, 3.8) is 0 Å². The van der Waals surface area contributed by atoms with Crippen LogP contribution in [-0.2, 0) is 21.4 Å². The average molecular weight is 425 g/mol. The van der Waals surface area contributed by atoms with Crippen LogP contribution in [0.3, 0.4) is 0 Å². The van der Waals surface area contributed by atoms with Crippen molar-refractivity contribution < 1.29 is 17.9 Å². The Morgan fingerprint density at radius 2 is 1.70 bits per heavy atom. The zero-order chi connectivity index (χ0) is 21.6. The standard InChI is InChI=1S/C23H24N2O4S/c1-17-7-6-8-19(13-17)15-24-23(26)16-29-22-12-11-21(14-18(22)2)30(27,28)25-20-9-4-3-5-10-20/h3-14,25H,15-16H2,1-2H3,(H,24,26). The van der Waals surface area contributed by atoms with Gasteiger partial charge < -0.3 is 10.1 Å². The molecule has 1 amide bonds. The molecule has 0 aliphatic rings. The van der Waals surface area contributed by atoms with Crippen molar-refractivity contribution in [2.75, 3.05) is 11.3 Å². The van der Waals surface area contributed by atoms with E-state index >= 15 is 0 Å². The predicted octanol–water partition coefficient (Wildman–Crippen LogP) is 3.80. The number of carbonyl (C=O) groups is 1. The van der Waals surface area contributed by atoms with Crippen molar-refractivity contribution in [2.45, 2.75) is 25.3 Å². The summed E-state index contributed by atoms with van der Waals surface area (Å²) in [5.41, 5.74) is 3.25. The fourth-order valence-corrected chi connectivity index (χ4v) is 4.03. The van der Waals surface area contributed by atoms with Crippen LogP contribution in [0.4, 0.5) is 5.69 Å². The number of benzene rings is 3. The van der Waals surface area contributed by atoms with Crippen molar-refractivity contribution in [1.82, 2.24) is 5.32 Å². The molecule has 156 valence electrons. The van der Waals surface area contributed by atoms with Gasteiger partial charge in [0.25, 0.3) is 15.9 Å². The highest BCUT2D eigenvalue weighted by atomic mass is 32.2. The molecule has 0 radical (unpaired) electrons. The first-order valence-corrected chi connectivity index (χ1v) is 11.0. The minimum atomic E-state index is -3.71. The maximum atomic E-state index is 12.6. The van der Waals surface area contributed by atoms with Gasteiger partial charge in [-0.3, -0.25) is 9.52 Å². The first-order valence-electron chi connectivity index (χ1n) is 9.47. The zero-order valence-electron chi connectivity index (χ0n) is 16.9. The third-order valence-electron chi connectivity index (χ3n) is 4.41. The molecular weight excluding hydrogens is 400 g/mol. The maximum absolute atomic E-state index is 12.6. The predicted molar refractivity (Wildman–Crippen MR) is 117 cm³/mol. The Morgan fingerprint density at radius 3 is 2.40 bits per heavy atom. The van der Waals surface area contributed by atoms with E-state index in [9.17, 15) is 13.2 Å². The number of hydrogen-bond donors (Lipinski definition) is 2. The summed E-state index contributed by atoms with van der Waals surface area (Å²) < 4.78 is 33.2. The molecule has 0 aromatic heterocycles. The van der Waals surface area contributed by atoms with Crippen LogP contribution in [0.5, 0.6) is 5.75 Å². The van der Waals surface area contributed by atoms with Crippen molar-refractivity contribution in [2.24, 2.45) is 0 Å². The van der Waals surface area contributed by atoms with Gasteiger partial charge in [-0.15, -0.1) is 0 Å². The first-order chi connectivity index (χ1) is 14.3. The number of carbonyl (C=O) groups excluding carboxylic acids is 1. The molecule has 0 bridgehead atoms. The van der Waals surface area contributed by atoms with E-state index in [4.69, 9.17) is 4.74 Å². The number of rotatable bonds is 8. The first kappa shape index (κ1) is 21.4. The topological polar surface area (TPSA) is 84.5 Å². The highest BCUT2D eigenvalue weighted by molar-refractivity contribution is 7.92. The molecule has 0 saturated carbocycles. The molecule has 0 fully saturated rings.